The van der Waals surface area contributed by atoms with E-state index in [2.05, 4.69) is 16.0 Å². The predicted octanol–water partition coefficient (Wildman–Crippen LogP) is 2.59. The number of carbonyl (C=O) groups excluding carboxylic acids is 3. The molecular formula is C34H41N3Na2O9. The summed E-state index contributed by atoms with van der Waals surface area (Å²) < 4.78 is 10.5. The van der Waals surface area contributed by atoms with Gasteiger partial charge in [0.25, 0.3) is 0 Å². The molecule has 0 radical (unpaired) electrons. The third-order valence-corrected chi connectivity index (χ3v) is 6.65. The zero-order chi connectivity index (χ0) is 33.9. The number of ether oxygens (including phenoxy) is 2. The van der Waals surface area contributed by atoms with E-state index < -0.39 is 60.2 Å². The molecule has 3 aromatic carbocycles. The molecular weight excluding hydrogens is 640 g/mol. The zero-order valence-corrected chi connectivity index (χ0v) is 26.1. The number of benzene rings is 3. The number of aromatic carboxylic acids is 1. The Morgan fingerprint density at radius 1 is 0.729 bits per heavy atom. The number of carboxylic acids is 2. The number of amides is 3. The predicted molar refractivity (Wildman–Crippen MR) is 183 cm³/mol. The van der Waals surface area contributed by atoms with Crippen LogP contribution in [-0.2, 0) is 32.0 Å². The maximum atomic E-state index is 13.8. The van der Waals surface area contributed by atoms with Gasteiger partial charge in [-0.3, -0.25) is 9.59 Å². The third-order valence-electron chi connectivity index (χ3n) is 6.65. The Balaban J connectivity index is 0.00000576. The van der Waals surface area contributed by atoms with E-state index in [1.54, 1.807) is 52.0 Å². The first-order chi connectivity index (χ1) is 21.7. The van der Waals surface area contributed by atoms with Gasteiger partial charge < -0.3 is 35.6 Å². The molecule has 0 fully saturated rings. The van der Waals surface area contributed by atoms with Crippen LogP contribution in [0.5, 0.6) is 5.75 Å². The molecule has 0 spiro atoms. The second kappa shape index (κ2) is 20.2. The van der Waals surface area contributed by atoms with E-state index in [0.29, 0.717) is 5.56 Å². The fraction of sp³-hybridized carbons (Fsp3) is 0.324. The van der Waals surface area contributed by atoms with Crippen LogP contribution in [0.3, 0.4) is 0 Å². The number of alkyl carbamates (subject to hydrolysis) is 1. The van der Waals surface area contributed by atoms with Crippen LogP contribution in [0.15, 0.2) is 78.9 Å². The van der Waals surface area contributed by atoms with E-state index in [4.69, 9.17) is 14.6 Å². The molecule has 3 aromatic rings. The van der Waals surface area contributed by atoms with Gasteiger partial charge in [0.05, 0.1) is 6.04 Å². The third kappa shape index (κ3) is 14.4. The summed E-state index contributed by atoms with van der Waals surface area (Å²) in [5.41, 5.74) is 0.793. The molecule has 0 saturated carbocycles. The molecule has 3 atom stereocenters. The van der Waals surface area contributed by atoms with E-state index in [9.17, 15) is 29.1 Å². The van der Waals surface area contributed by atoms with Crippen molar-refractivity contribution in [3.05, 3.63) is 101 Å². The molecule has 248 valence electrons. The van der Waals surface area contributed by atoms with Gasteiger partial charge in [-0.2, -0.15) is 0 Å². The normalized spacial score (nSPS) is 12.4. The molecule has 1 unspecified atom stereocenters. The molecule has 0 aliphatic heterocycles. The summed E-state index contributed by atoms with van der Waals surface area (Å²) in [6.45, 7) is 6.11. The van der Waals surface area contributed by atoms with Gasteiger partial charge in [-0.1, -0.05) is 66.7 Å². The quantitative estimate of drug-likeness (QED) is 0.160. The standard InChI is InChI=1S/C34H39N3O9.2Na.2H/c1-21(24-13-9-6-10-14-24)35-30(40)26(19-23-15-16-28(45-20-29(38)39)25(17-23)32(42)43)36-31(41)27(18-22-11-7-5-8-12-22)37-33(44)46-34(2,3)4;;;;/h5-17,21,26-27H,18-20H2,1-4H3,(H,35,40)(H,36,41)(H,37,44)(H,38,39)(H,42,43);;;;/t21?,26-,27-;;;;/m0..../s1. The molecule has 14 heteroatoms. The molecule has 0 aliphatic carbocycles. The van der Waals surface area contributed by atoms with Crippen molar-refractivity contribution in [2.75, 3.05) is 6.61 Å². The van der Waals surface area contributed by atoms with Crippen LogP contribution in [0.4, 0.5) is 4.79 Å². The molecule has 3 amide bonds. The Morgan fingerprint density at radius 3 is 1.83 bits per heavy atom. The summed E-state index contributed by atoms with van der Waals surface area (Å²) in [6.07, 6.45) is -0.854. The van der Waals surface area contributed by atoms with Crippen LogP contribution >= 0.6 is 0 Å². The summed E-state index contributed by atoms with van der Waals surface area (Å²) in [7, 11) is 0. The number of carbonyl (C=O) groups is 5. The molecule has 12 nitrogen and oxygen atoms in total. The molecule has 0 saturated heterocycles. The van der Waals surface area contributed by atoms with Crippen molar-refractivity contribution >= 4 is 89.0 Å². The first kappa shape index (κ1) is 42.6. The van der Waals surface area contributed by atoms with Crippen LogP contribution in [0.25, 0.3) is 0 Å². The monoisotopic (exact) mass is 681 g/mol. The van der Waals surface area contributed by atoms with Gasteiger partial charge >= 0.3 is 77.1 Å². The van der Waals surface area contributed by atoms with E-state index in [1.807, 2.05) is 36.4 Å². The molecule has 0 bridgehead atoms. The van der Waals surface area contributed by atoms with Crippen molar-refractivity contribution in [3.63, 3.8) is 0 Å². The van der Waals surface area contributed by atoms with E-state index in [0.717, 1.165) is 11.1 Å². The zero-order valence-electron chi connectivity index (χ0n) is 26.1. The Bertz CT molecular complexity index is 1530. The number of hydrogen-bond donors (Lipinski definition) is 5. The van der Waals surface area contributed by atoms with Crippen molar-refractivity contribution in [1.82, 2.24) is 16.0 Å². The van der Waals surface area contributed by atoms with Gasteiger partial charge in [0, 0.05) is 12.8 Å². The molecule has 0 heterocycles. The van der Waals surface area contributed by atoms with Crippen LogP contribution in [0.2, 0.25) is 0 Å². The van der Waals surface area contributed by atoms with Crippen LogP contribution in [0, 0.1) is 0 Å². The minimum atomic E-state index is -1.37. The fourth-order valence-electron chi connectivity index (χ4n) is 4.50. The van der Waals surface area contributed by atoms with Gasteiger partial charge in [0.15, 0.2) is 6.61 Å². The van der Waals surface area contributed by atoms with E-state index >= 15 is 0 Å². The molecule has 48 heavy (non-hydrogen) atoms. The summed E-state index contributed by atoms with van der Waals surface area (Å²) >= 11 is 0. The van der Waals surface area contributed by atoms with Crippen LogP contribution in [-0.4, -0.2) is 123 Å². The van der Waals surface area contributed by atoms with E-state index in [-0.39, 0.29) is 83.3 Å². The Labute approximate surface area is 323 Å². The van der Waals surface area contributed by atoms with Crippen molar-refractivity contribution in [1.29, 1.82) is 0 Å². The van der Waals surface area contributed by atoms with Crippen LogP contribution < -0.4 is 20.7 Å². The maximum absolute atomic E-state index is 13.8. The summed E-state index contributed by atoms with van der Waals surface area (Å²) in [5.74, 6) is -4.02. The van der Waals surface area contributed by atoms with Crippen molar-refractivity contribution in [2.24, 2.45) is 0 Å². The Morgan fingerprint density at radius 2 is 1.27 bits per heavy atom. The SMILES string of the molecule is CC(NC(=O)[C@H](Cc1ccc(OCC(=O)O)c(C(=O)O)c1)NC(=O)[C@H](Cc1ccccc1)NC(=O)OC(C)(C)C)c1ccccc1.[NaH].[NaH]. The van der Waals surface area contributed by atoms with Crippen molar-refractivity contribution in [3.8, 4) is 5.75 Å². The summed E-state index contributed by atoms with van der Waals surface area (Å²) in [4.78, 5) is 63.0. The average Bonchev–Trinajstić information content (AvgIpc) is 2.99. The number of aliphatic carboxylic acids is 1. The topological polar surface area (TPSA) is 180 Å². The molecule has 0 aromatic heterocycles. The van der Waals surface area contributed by atoms with Gasteiger partial charge in [0.1, 0.15) is 29.0 Å². The summed E-state index contributed by atoms with van der Waals surface area (Å²) in [6, 6.07) is 19.5. The minimum absolute atomic E-state index is 0. The number of rotatable bonds is 14. The average molecular weight is 682 g/mol. The second-order valence-electron chi connectivity index (χ2n) is 11.6. The van der Waals surface area contributed by atoms with Gasteiger partial charge in [-0.25, -0.2) is 14.4 Å². The Kier molecular flexibility index (Phi) is 17.9. The van der Waals surface area contributed by atoms with Gasteiger partial charge in [-0.15, -0.1) is 0 Å². The molecule has 5 N–H and O–H groups in total. The van der Waals surface area contributed by atoms with Crippen LogP contribution in [0.1, 0.15) is 60.8 Å². The molecule has 3 rings (SSSR count). The number of nitrogens with one attached hydrogen (secondary N) is 3. The van der Waals surface area contributed by atoms with Gasteiger partial charge in [-0.05, 0) is 56.5 Å². The first-order valence-electron chi connectivity index (χ1n) is 14.6. The van der Waals surface area contributed by atoms with E-state index in [1.165, 1.54) is 18.2 Å². The Hall–Kier alpha value is -3.39. The first-order valence-corrected chi connectivity index (χ1v) is 14.6. The molecule has 0 aliphatic rings. The number of carboxylic acid groups (broad SMARTS) is 2. The fourth-order valence-corrected chi connectivity index (χ4v) is 4.50. The van der Waals surface area contributed by atoms with Gasteiger partial charge in [0.2, 0.25) is 11.8 Å². The van der Waals surface area contributed by atoms with Crippen molar-refractivity contribution in [2.45, 2.75) is 64.3 Å². The van der Waals surface area contributed by atoms with Crippen molar-refractivity contribution < 1.29 is 43.7 Å². The number of hydrogen-bond acceptors (Lipinski definition) is 7. The second-order valence-corrected chi connectivity index (χ2v) is 11.6. The summed E-state index contributed by atoms with van der Waals surface area (Å²) in [5, 5.41) is 26.9.